The van der Waals surface area contributed by atoms with Gasteiger partial charge in [0, 0.05) is 17.5 Å². The van der Waals surface area contributed by atoms with Crippen molar-refractivity contribution in [2.24, 2.45) is 4.99 Å². The second-order valence-electron chi connectivity index (χ2n) is 5.74. The number of hydrogen-bond acceptors (Lipinski definition) is 3. The highest BCUT2D eigenvalue weighted by Gasteiger charge is 2.13. The van der Waals surface area contributed by atoms with Crippen LogP contribution in [0.1, 0.15) is 30.9 Å². The number of anilines is 1. The first-order chi connectivity index (χ1) is 12.5. The Kier molecular flexibility index (Phi) is 7.04. The Morgan fingerprint density at radius 3 is 2.77 bits per heavy atom. The number of aliphatic imine (C=N–C) groups is 1. The van der Waals surface area contributed by atoms with E-state index in [0.29, 0.717) is 22.8 Å². The lowest BCUT2D eigenvalue weighted by molar-refractivity contribution is 0.373. The minimum absolute atomic E-state index is 0.0114. The fourth-order valence-corrected chi connectivity index (χ4v) is 2.52. The third-order valence-electron chi connectivity index (χ3n) is 3.73. The molecule has 0 spiro atoms. The maximum atomic E-state index is 13.4. The number of unbranched alkanes of at least 4 members (excludes halogenated alkanes) is 1. The molecular formula is C20H22ClFN2O2. The van der Waals surface area contributed by atoms with E-state index in [-0.39, 0.29) is 10.8 Å². The summed E-state index contributed by atoms with van der Waals surface area (Å²) in [7, 11) is 1.50. The predicted octanol–water partition coefficient (Wildman–Crippen LogP) is 5.67. The summed E-state index contributed by atoms with van der Waals surface area (Å²) in [6, 6.07) is 7.66. The summed E-state index contributed by atoms with van der Waals surface area (Å²) in [5.74, 6) is 0.418. The van der Waals surface area contributed by atoms with Gasteiger partial charge in [0.15, 0.2) is 11.5 Å². The molecule has 0 saturated heterocycles. The summed E-state index contributed by atoms with van der Waals surface area (Å²) in [6.07, 6.45) is 5.59. The van der Waals surface area contributed by atoms with Crippen molar-refractivity contribution in [3.63, 3.8) is 0 Å². The lowest BCUT2D eigenvalue weighted by Gasteiger charge is -2.14. The van der Waals surface area contributed by atoms with Crippen LogP contribution in [0.5, 0.6) is 11.5 Å². The van der Waals surface area contributed by atoms with Crippen LogP contribution in [-0.2, 0) is 0 Å². The number of hydrogen-bond donors (Lipinski definition) is 2. The van der Waals surface area contributed by atoms with E-state index in [2.05, 4.69) is 17.2 Å². The van der Waals surface area contributed by atoms with Crippen molar-refractivity contribution in [3.05, 3.63) is 64.6 Å². The number of nitrogens with one attached hydrogen (secondary N) is 1. The molecule has 0 aromatic heterocycles. The van der Waals surface area contributed by atoms with Gasteiger partial charge in [-0.25, -0.2) is 9.38 Å². The molecule has 0 heterocycles. The molecular weight excluding hydrogens is 355 g/mol. The number of ether oxygens (including phenoxy) is 1. The van der Waals surface area contributed by atoms with Crippen molar-refractivity contribution >= 4 is 23.1 Å². The zero-order chi connectivity index (χ0) is 19.1. The van der Waals surface area contributed by atoms with Crippen molar-refractivity contribution in [2.75, 3.05) is 12.4 Å². The van der Waals surface area contributed by atoms with E-state index < -0.39 is 5.82 Å². The summed E-state index contributed by atoms with van der Waals surface area (Å²) in [6.45, 7) is 3.97. The van der Waals surface area contributed by atoms with Gasteiger partial charge in [-0.2, -0.15) is 0 Å². The van der Waals surface area contributed by atoms with Gasteiger partial charge in [0.1, 0.15) is 11.7 Å². The van der Waals surface area contributed by atoms with Crippen LogP contribution in [0.3, 0.4) is 0 Å². The van der Waals surface area contributed by atoms with E-state index in [1.807, 2.05) is 13.0 Å². The molecule has 0 aliphatic heterocycles. The topological polar surface area (TPSA) is 53.9 Å². The van der Waals surface area contributed by atoms with E-state index in [4.69, 9.17) is 16.3 Å². The van der Waals surface area contributed by atoms with E-state index >= 15 is 0 Å². The van der Waals surface area contributed by atoms with Crippen molar-refractivity contribution in [1.29, 1.82) is 0 Å². The number of aromatic hydroxyl groups is 1. The number of nitrogens with zero attached hydrogens (tertiary/aromatic N) is 1. The summed E-state index contributed by atoms with van der Waals surface area (Å²) >= 11 is 5.86. The summed E-state index contributed by atoms with van der Waals surface area (Å²) in [4.78, 5) is 4.47. The van der Waals surface area contributed by atoms with Gasteiger partial charge in [0.25, 0.3) is 0 Å². The van der Waals surface area contributed by atoms with Gasteiger partial charge < -0.3 is 15.2 Å². The number of amidine groups is 1. The fourth-order valence-electron chi connectivity index (χ4n) is 2.34. The van der Waals surface area contributed by atoms with Gasteiger partial charge in [-0.1, -0.05) is 31.0 Å². The zero-order valence-corrected chi connectivity index (χ0v) is 15.8. The molecule has 2 N–H and O–H groups in total. The SMILES string of the molecule is CCCC=CN=C(Nc1ccc(F)c(Cl)c1)c1cc(O)c(OC)cc1C. The number of halogens is 2. The van der Waals surface area contributed by atoms with Gasteiger partial charge in [-0.3, -0.25) is 0 Å². The van der Waals surface area contributed by atoms with Gasteiger partial charge in [0.05, 0.1) is 12.1 Å². The zero-order valence-electron chi connectivity index (χ0n) is 15.0. The smallest absolute Gasteiger partial charge is 0.160 e. The predicted molar refractivity (Wildman–Crippen MR) is 105 cm³/mol. The van der Waals surface area contributed by atoms with Crippen LogP contribution in [0.2, 0.25) is 5.02 Å². The number of aryl methyl sites for hydroxylation is 1. The molecule has 0 amide bonds. The summed E-state index contributed by atoms with van der Waals surface area (Å²) in [5, 5.41) is 13.3. The summed E-state index contributed by atoms with van der Waals surface area (Å²) in [5.41, 5.74) is 2.15. The number of rotatable bonds is 6. The molecule has 138 valence electrons. The minimum atomic E-state index is -0.489. The number of benzene rings is 2. The maximum Gasteiger partial charge on any atom is 0.160 e. The highest BCUT2D eigenvalue weighted by Crippen LogP contribution is 2.30. The Hall–Kier alpha value is -2.53. The average molecular weight is 377 g/mol. The molecule has 0 saturated carbocycles. The number of phenols is 1. The van der Waals surface area contributed by atoms with E-state index in [1.165, 1.54) is 19.2 Å². The third-order valence-corrected chi connectivity index (χ3v) is 4.02. The molecule has 0 aliphatic rings. The molecule has 6 heteroatoms. The maximum absolute atomic E-state index is 13.4. The monoisotopic (exact) mass is 376 g/mol. The highest BCUT2D eigenvalue weighted by molar-refractivity contribution is 6.31. The van der Waals surface area contributed by atoms with Crippen molar-refractivity contribution in [2.45, 2.75) is 26.7 Å². The van der Waals surface area contributed by atoms with Crippen LogP contribution >= 0.6 is 11.6 Å². The first-order valence-corrected chi connectivity index (χ1v) is 8.67. The Bertz CT molecular complexity index is 835. The Labute approximate surface area is 158 Å². The quantitative estimate of drug-likeness (QED) is 0.504. The number of methoxy groups -OCH3 is 1. The molecule has 2 aromatic rings. The van der Waals surface area contributed by atoms with Crippen LogP contribution in [0.4, 0.5) is 10.1 Å². The molecule has 2 rings (SSSR count). The van der Waals surface area contributed by atoms with Gasteiger partial charge in [-0.05, 0) is 49.2 Å². The van der Waals surface area contributed by atoms with Crippen LogP contribution in [-0.4, -0.2) is 18.1 Å². The molecule has 4 nitrogen and oxygen atoms in total. The highest BCUT2D eigenvalue weighted by atomic mass is 35.5. The van der Waals surface area contributed by atoms with Crippen molar-refractivity contribution < 1.29 is 14.2 Å². The van der Waals surface area contributed by atoms with E-state index in [9.17, 15) is 9.50 Å². The fraction of sp³-hybridized carbons (Fsp3) is 0.250. The van der Waals surface area contributed by atoms with Gasteiger partial charge >= 0.3 is 0 Å². The van der Waals surface area contributed by atoms with E-state index in [0.717, 1.165) is 18.4 Å². The van der Waals surface area contributed by atoms with Crippen LogP contribution < -0.4 is 10.1 Å². The first-order valence-electron chi connectivity index (χ1n) is 8.29. The van der Waals surface area contributed by atoms with Crippen LogP contribution in [0, 0.1) is 12.7 Å². The Morgan fingerprint density at radius 1 is 1.35 bits per heavy atom. The lowest BCUT2D eigenvalue weighted by Crippen LogP contribution is -2.15. The molecule has 0 bridgehead atoms. The van der Waals surface area contributed by atoms with Crippen molar-refractivity contribution in [1.82, 2.24) is 0 Å². The summed E-state index contributed by atoms with van der Waals surface area (Å²) < 4.78 is 18.5. The number of phenolic OH excluding ortho intramolecular Hbond substituents is 1. The van der Waals surface area contributed by atoms with Crippen molar-refractivity contribution in [3.8, 4) is 11.5 Å². The Morgan fingerprint density at radius 2 is 2.12 bits per heavy atom. The second kappa shape index (κ2) is 9.25. The largest absolute Gasteiger partial charge is 0.504 e. The van der Waals surface area contributed by atoms with Gasteiger partial charge in [-0.15, -0.1) is 0 Å². The molecule has 0 atom stereocenters. The second-order valence-corrected chi connectivity index (χ2v) is 6.15. The Balaban J connectivity index is 2.44. The molecule has 0 aliphatic carbocycles. The molecule has 2 aromatic carbocycles. The molecule has 26 heavy (non-hydrogen) atoms. The minimum Gasteiger partial charge on any atom is -0.504 e. The van der Waals surface area contributed by atoms with Crippen LogP contribution in [0.25, 0.3) is 0 Å². The van der Waals surface area contributed by atoms with E-state index in [1.54, 1.807) is 24.4 Å². The standard InChI is InChI=1S/C20H22ClFN2O2/c1-4-5-6-9-23-20(24-14-7-8-17(22)16(21)11-14)15-12-18(25)19(26-3)10-13(15)2/h6-12,25H,4-5H2,1-3H3,(H,23,24). The van der Waals surface area contributed by atoms with Gasteiger partial charge in [0.2, 0.25) is 0 Å². The molecule has 0 unspecified atom stereocenters. The third kappa shape index (κ3) is 4.99. The van der Waals surface area contributed by atoms with Crippen LogP contribution in [0.15, 0.2) is 47.6 Å². The lowest BCUT2D eigenvalue weighted by atomic mass is 10.1. The first kappa shape index (κ1) is 19.8. The normalized spacial score (nSPS) is 11.8. The number of allylic oxidation sites excluding steroid dienone is 1. The average Bonchev–Trinajstić information content (AvgIpc) is 2.62. The molecule has 0 radical (unpaired) electrons. The molecule has 0 fully saturated rings.